The molecule has 0 N–H and O–H groups in total. The minimum Gasteiger partial charge on any atom is -0.472 e. The molecule has 2 rings (SSSR count). The zero-order valence-corrected chi connectivity index (χ0v) is 8.94. The van der Waals surface area contributed by atoms with Crippen molar-refractivity contribution in [3.63, 3.8) is 0 Å². The highest BCUT2D eigenvalue weighted by Gasteiger charge is 2.34. The second kappa shape index (κ2) is 3.81. The number of allylic oxidation sites excluding steroid dienone is 1. The number of rotatable bonds is 1. The molecular weight excluding hydrogens is 208 g/mol. The third kappa shape index (κ3) is 1.69. The van der Waals surface area contributed by atoms with Crippen molar-refractivity contribution in [2.45, 2.75) is 13.8 Å². The summed E-state index contributed by atoms with van der Waals surface area (Å²) < 4.78 is 9.45. The fourth-order valence-electron chi connectivity index (χ4n) is 1.53. The number of hydrogen-bond acceptors (Lipinski definition) is 4. The molecule has 1 aliphatic heterocycles. The van der Waals surface area contributed by atoms with Gasteiger partial charge >= 0.3 is 11.9 Å². The highest BCUT2D eigenvalue weighted by molar-refractivity contribution is 6.20. The maximum atomic E-state index is 11.4. The van der Waals surface area contributed by atoms with Gasteiger partial charge in [0, 0.05) is 5.56 Å². The number of esters is 2. The van der Waals surface area contributed by atoms with Crippen molar-refractivity contribution in [3.05, 3.63) is 40.9 Å². The number of furan rings is 1. The summed E-state index contributed by atoms with van der Waals surface area (Å²) in [5.74, 6) is -1.19. The Hall–Kier alpha value is -2.10. The molecule has 0 saturated carbocycles. The molecule has 4 nitrogen and oxygen atoms in total. The van der Waals surface area contributed by atoms with E-state index in [0.29, 0.717) is 5.57 Å². The predicted molar refractivity (Wildman–Crippen MR) is 56.2 cm³/mol. The van der Waals surface area contributed by atoms with E-state index in [1.165, 1.54) is 12.5 Å². The van der Waals surface area contributed by atoms with Crippen LogP contribution in [0.5, 0.6) is 0 Å². The highest BCUT2D eigenvalue weighted by Crippen LogP contribution is 2.27. The molecule has 0 atom stereocenters. The molecule has 0 bridgehead atoms. The van der Waals surface area contributed by atoms with E-state index in [2.05, 4.69) is 4.74 Å². The highest BCUT2D eigenvalue weighted by atomic mass is 16.6. The number of cyclic esters (lactones) is 2. The number of carbonyl (C=O) groups is 2. The van der Waals surface area contributed by atoms with Crippen molar-refractivity contribution in [1.29, 1.82) is 0 Å². The van der Waals surface area contributed by atoms with Gasteiger partial charge in [0.2, 0.25) is 0 Å². The molecule has 0 unspecified atom stereocenters. The molecule has 0 amide bonds. The molecule has 1 aliphatic rings. The largest absolute Gasteiger partial charge is 0.472 e. The molecule has 82 valence electrons. The van der Waals surface area contributed by atoms with Crippen molar-refractivity contribution >= 4 is 18.0 Å². The van der Waals surface area contributed by atoms with Crippen LogP contribution in [-0.2, 0) is 14.3 Å². The van der Waals surface area contributed by atoms with Gasteiger partial charge in [-0.2, -0.15) is 0 Å². The van der Waals surface area contributed by atoms with E-state index < -0.39 is 11.9 Å². The monoisotopic (exact) mass is 218 g/mol. The molecule has 1 saturated heterocycles. The summed E-state index contributed by atoms with van der Waals surface area (Å²) in [5.41, 5.74) is 2.10. The normalized spacial score (nSPS) is 18.1. The van der Waals surface area contributed by atoms with Gasteiger partial charge in [0.05, 0.1) is 23.7 Å². The topological polar surface area (TPSA) is 56.5 Å². The minimum atomic E-state index is -0.609. The Morgan fingerprint density at radius 3 is 2.56 bits per heavy atom. The second-order valence-electron chi connectivity index (χ2n) is 3.67. The Kier molecular flexibility index (Phi) is 2.48. The summed E-state index contributed by atoms with van der Waals surface area (Å²) >= 11 is 0. The molecule has 0 aliphatic carbocycles. The van der Waals surface area contributed by atoms with Crippen LogP contribution in [0.4, 0.5) is 0 Å². The molecular formula is C12H10O4. The van der Waals surface area contributed by atoms with Crippen LogP contribution < -0.4 is 0 Å². The van der Waals surface area contributed by atoms with Gasteiger partial charge in [-0.05, 0) is 26.0 Å². The summed E-state index contributed by atoms with van der Waals surface area (Å²) in [6.07, 6.45) is 4.57. The first-order valence-electron chi connectivity index (χ1n) is 4.78. The van der Waals surface area contributed by atoms with Crippen LogP contribution in [0.1, 0.15) is 19.4 Å². The first kappa shape index (κ1) is 10.4. The van der Waals surface area contributed by atoms with Gasteiger partial charge in [-0.1, -0.05) is 5.57 Å². The van der Waals surface area contributed by atoms with Crippen LogP contribution in [0.3, 0.4) is 0 Å². The SMILES string of the molecule is CC(C)=C1C(=O)OC(=O)/C1=C\c1ccoc1. The van der Waals surface area contributed by atoms with Gasteiger partial charge in [-0.3, -0.25) is 0 Å². The van der Waals surface area contributed by atoms with Crippen molar-refractivity contribution in [3.8, 4) is 0 Å². The van der Waals surface area contributed by atoms with Crippen LogP contribution in [0.25, 0.3) is 6.08 Å². The predicted octanol–water partition coefficient (Wildman–Crippen LogP) is 2.08. The van der Waals surface area contributed by atoms with Crippen molar-refractivity contribution in [2.75, 3.05) is 0 Å². The molecule has 4 heteroatoms. The zero-order valence-electron chi connectivity index (χ0n) is 8.94. The molecule has 1 fully saturated rings. The summed E-state index contributed by atoms with van der Waals surface area (Å²) in [4.78, 5) is 22.8. The lowest BCUT2D eigenvalue weighted by Gasteiger charge is -1.95. The second-order valence-corrected chi connectivity index (χ2v) is 3.67. The standard InChI is InChI=1S/C12H10O4/c1-7(2)10-9(11(13)16-12(10)14)5-8-3-4-15-6-8/h3-6H,1-2H3/b9-5-. The van der Waals surface area contributed by atoms with Crippen LogP contribution in [0.15, 0.2) is 39.7 Å². The van der Waals surface area contributed by atoms with E-state index in [-0.39, 0.29) is 5.57 Å². The lowest BCUT2D eigenvalue weighted by molar-refractivity contribution is -0.149. The summed E-state index contributed by atoms with van der Waals surface area (Å²) in [7, 11) is 0. The van der Waals surface area contributed by atoms with Crippen LogP contribution in [0.2, 0.25) is 0 Å². The van der Waals surface area contributed by atoms with Crippen LogP contribution >= 0.6 is 0 Å². The number of hydrogen-bond donors (Lipinski definition) is 0. The Morgan fingerprint density at radius 1 is 1.25 bits per heavy atom. The maximum absolute atomic E-state index is 11.4. The van der Waals surface area contributed by atoms with E-state index in [4.69, 9.17) is 4.42 Å². The smallest absolute Gasteiger partial charge is 0.346 e. The Morgan fingerprint density at radius 2 is 2.00 bits per heavy atom. The lowest BCUT2D eigenvalue weighted by Crippen LogP contribution is -1.97. The average Bonchev–Trinajstić information content (AvgIpc) is 2.76. The van der Waals surface area contributed by atoms with Gasteiger partial charge in [-0.25, -0.2) is 9.59 Å². The molecule has 2 heterocycles. The zero-order chi connectivity index (χ0) is 11.7. The van der Waals surface area contributed by atoms with E-state index in [0.717, 1.165) is 11.1 Å². The van der Waals surface area contributed by atoms with Gasteiger partial charge < -0.3 is 9.15 Å². The first-order chi connectivity index (χ1) is 7.59. The van der Waals surface area contributed by atoms with Crippen LogP contribution in [-0.4, -0.2) is 11.9 Å². The molecule has 0 radical (unpaired) electrons. The van der Waals surface area contributed by atoms with E-state index >= 15 is 0 Å². The van der Waals surface area contributed by atoms with E-state index in [1.54, 1.807) is 26.0 Å². The van der Waals surface area contributed by atoms with Crippen molar-refractivity contribution in [1.82, 2.24) is 0 Å². The number of carbonyl (C=O) groups excluding carboxylic acids is 2. The van der Waals surface area contributed by atoms with Crippen LogP contribution in [0, 0.1) is 0 Å². The molecule has 16 heavy (non-hydrogen) atoms. The van der Waals surface area contributed by atoms with Crippen molar-refractivity contribution in [2.24, 2.45) is 0 Å². The van der Waals surface area contributed by atoms with Gasteiger partial charge in [0.15, 0.2) is 0 Å². The average molecular weight is 218 g/mol. The van der Waals surface area contributed by atoms with E-state index in [9.17, 15) is 9.59 Å². The third-order valence-electron chi connectivity index (χ3n) is 2.23. The quantitative estimate of drug-likeness (QED) is 0.411. The summed E-state index contributed by atoms with van der Waals surface area (Å²) in [6, 6.07) is 1.70. The lowest BCUT2D eigenvalue weighted by atomic mass is 10.0. The van der Waals surface area contributed by atoms with E-state index in [1.807, 2.05) is 0 Å². The minimum absolute atomic E-state index is 0.284. The Bertz CT molecular complexity index is 499. The number of ether oxygens (including phenoxy) is 1. The first-order valence-corrected chi connectivity index (χ1v) is 4.78. The Balaban J connectivity index is 2.51. The van der Waals surface area contributed by atoms with Gasteiger partial charge in [0.25, 0.3) is 0 Å². The third-order valence-corrected chi connectivity index (χ3v) is 2.23. The van der Waals surface area contributed by atoms with Gasteiger partial charge in [0.1, 0.15) is 0 Å². The van der Waals surface area contributed by atoms with Gasteiger partial charge in [-0.15, -0.1) is 0 Å². The Labute approximate surface area is 92.2 Å². The van der Waals surface area contributed by atoms with Crippen molar-refractivity contribution < 1.29 is 18.7 Å². The fourth-order valence-corrected chi connectivity index (χ4v) is 1.53. The molecule has 1 aromatic rings. The maximum Gasteiger partial charge on any atom is 0.346 e. The summed E-state index contributed by atoms with van der Waals surface area (Å²) in [6.45, 7) is 3.52. The molecule has 0 aromatic carbocycles. The fraction of sp³-hybridized carbons (Fsp3) is 0.167. The molecule has 1 aromatic heterocycles. The summed E-state index contributed by atoms with van der Waals surface area (Å²) in [5, 5.41) is 0. The molecule has 0 spiro atoms.